The van der Waals surface area contributed by atoms with Gasteiger partial charge in [-0.25, -0.2) is 8.78 Å². The first kappa shape index (κ1) is 18.3. The van der Waals surface area contributed by atoms with Crippen LogP contribution >= 0.6 is 0 Å². The van der Waals surface area contributed by atoms with Crippen molar-refractivity contribution in [2.75, 3.05) is 37.8 Å². The van der Waals surface area contributed by atoms with E-state index in [0.717, 1.165) is 12.1 Å². The zero-order chi connectivity index (χ0) is 17.7. The Balaban J connectivity index is 2.16. The molecule has 1 fully saturated rings. The molecule has 0 N–H and O–H groups in total. The fraction of sp³-hybridized carbons (Fsp3) is 0.529. The summed E-state index contributed by atoms with van der Waals surface area (Å²) in [4.78, 5) is 25.3. The summed E-state index contributed by atoms with van der Waals surface area (Å²) in [6.07, 6.45) is -0.124. The van der Waals surface area contributed by atoms with E-state index in [1.807, 2.05) is 0 Å². The Morgan fingerprint density at radius 2 is 1.83 bits per heavy atom. The van der Waals surface area contributed by atoms with Crippen molar-refractivity contribution in [3.63, 3.8) is 0 Å². The second kappa shape index (κ2) is 8.19. The van der Waals surface area contributed by atoms with Crippen molar-refractivity contribution < 1.29 is 27.8 Å². The number of hydrogen-bond donors (Lipinski definition) is 0. The molecule has 1 aromatic carbocycles. The lowest BCUT2D eigenvalue weighted by Gasteiger charge is -2.29. The van der Waals surface area contributed by atoms with Crippen LogP contribution in [0.1, 0.15) is 30.6 Å². The predicted molar refractivity (Wildman–Crippen MR) is 84.1 cm³/mol. The van der Waals surface area contributed by atoms with Crippen molar-refractivity contribution in [2.24, 2.45) is 5.92 Å². The van der Waals surface area contributed by atoms with Crippen LogP contribution in [0.5, 0.6) is 0 Å². The van der Waals surface area contributed by atoms with Crippen LogP contribution in [0.3, 0.4) is 0 Å². The third-order valence-electron chi connectivity index (χ3n) is 3.85. The molecule has 0 amide bonds. The van der Waals surface area contributed by atoms with Gasteiger partial charge >= 0.3 is 5.97 Å². The number of esters is 1. The number of nitrogens with zero attached hydrogens (tertiary/aromatic N) is 1. The molecule has 1 saturated heterocycles. The Morgan fingerprint density at radius 1 is 1.25 bits per heavy atom. The zero-order valence-electron chi connectivity index (χ0n) is 13.8. The van der Waals surface area contributed by atoms with E-state index in [0.29, 0.717) is 26.3 Å². The Hall–Kier alpha value is -2.02. The molecule has 24 heavy (non-hydrogen) atoms. The highest BCUT2D eigenvalue weighted by Gasteiger charge is 2.25. The quantitative estimate of drug-likeness (QED) is 0.588. The van der Waals surface area contributed by atoms with Crippen molar-refractivity contribution in [1.29, 1.82) is 0 Å². The van der Waals surface area contributed by atoms with Gasteiger partial charge in [0.1, 0.15) is 17.3 Å². The summed E-state index contributed by atoms with van der Waals surface area (Å²) in [6.45, 7) is 4.99. The summed E-state index contributed by atoms with van der Waals surface area (Å²) >= 11 is 0. The fourth-order valence-electron chi connectivity index (χ4n) is 2.64. The van der Waals surface area contributed by atoms with Crippen LogP contribution in [0.4, 0.5) is 14.5 Å². The van der Waals surface area contributed by atoms with Gasteiger partial charge in [0, 0.05) is 24.6 Å². The molecule has 0 spiro atoms. The summed E-state index contributed by atoms with van der Waals surface area (Å²) in [5.41, 5.74) is -0.230. The SMILES string of the molecule is CCOC(=O)CC(C)C(=O)c1cc(F)c(N2CCOCC2)c(F)c1. The zero-order valence-corrected chi connectivity index (χ0v) is 13.8. The number of halogens is 2. The molecule has 0 bridgehead atoms. The number of ketones is 1. The van der Waals surface area contributed by atoms with E-state index < -0.39 is 29.3 Å². The molecule has 1 aliphatic rings. The van der Waals surface area contributed by atoms with Crippen LogP contribution in [0, 0.1) is 17.6 Å². The molecule has 1 atom stereocenters. The van der Waals surface area contributed by atoms with Gasteiger partial charge in [0.15, 0.2) is 5.78 Å². The van der Waals surface area contributed by atoms with E-state index in [1.165, 1.54) is 6.92 Å². The molecule has 0 saturated carbocycles. The van der Waals surface area contributed by atoms with Gasteiger partial charge in [-0.1, -0.05) is 6.92 Å². The average molecular weight is 341 g/mol. The highest BCUT2D eigenvalue weighted by molar-refractivity contribution is 5.99. The third kappa shape index (κ3) is 4.29. The molecule has 1 aromatic rings. The van der Waals surface area contributed by atoms with Crippen LogP contribution in [0.25, 0.3) is 0 Å². The first-order valence-corrected chi connectivity index (χ1v) is 7.95. The van der Waals surface area contributed by atoms with E-state index in [-0.39, 0.29) is 24.3 Å². The first-order chi connectivity index (χ1) is 11.4. The summed E-state index contributed by atoms with van der Waals surface area (Å²) < 4.78 is 38.6. The Labute approximate surface area is 139 Å². The molecule has 5 nitrogen and oxygen atoms in total. The number of benzene rings is 1. The Bertz CT molecular complexity index is 592. The van der Waals surface area contributed by atoms with Gasteiger partial charge in [-0.3, -0.25) is 9.59 Å². The minimum absolute atomic E-state index is 0.0844. The van der Waals surface area contributed by atoms with Crippen molar-refractivity contribution in [3.8, 4) is 0 Å². The second-order valence-corrected chi connectivity index (χ2v) is 5.66. The predicted octanol–water partition coefficient (Wildman–Crippen LogP) is 2.57. The highest BCUT2D eigenvalue weighted by Crippen LogP contribution is 2.27. The first-order valence-electron chi connectivity index (χ1n) is 7.95. The second-order valence-electron chi connectivity index (χ2n) is 5.66. The van der Waals surface area contributed by atoms with Gasteiger partial charge in [0.2, 0.25) is 0 Å². The van der Waals surface area contributed by atoms with Gasteiger partial charge < -0.3 is 14.4 Å². The van der Waals surface area contributed by atoms with Crippen LogP contribution in [0.15, 0.2) is 12.1 Å². The van der Waals surface area contributed by atoms with Crippen molar-refractivity contribution >= 4 is 17.4 Å². The number of carbonyl (C=O) groups is 2. The number of hydrogen-bond acceptors (Lipinski definition) is 5. The van der Waals surface area contributed by atoms with Gasteiger partial charge in [0.25, 0.3) is 0 Å². The van der Waals surface area contributed by atoms with Gasteiger partial charge in [-0.05, 0) is 19.1 Å². The summed E-state index contributed by atoms with van der Waals surface area (Å²) in [5.74, 6) is -3.29. The number of anilines is 1. The molecule has 1 unspecified atom stereocenters. The van der Waals surface area contributed by atoms with Crippen molar-refractivity contribution in [3.05, 3.63) is 29.3 Å². The molecule has 2 rings (SSSR count). The average Bonchev–Trinajstić information content (AvgIpc) is 2.54. The van der Waals surface area contributed by atoms with Crippen LogP contribution < -0.4 is 4.90 Å². The molecular formula is C17H21F2NO4. The normalized spacial score (nSPS) is 15.9. The number of carbonyl (C=O) groups excluding carboxylic acids is 2. The molecule has 132 valence electrons. The molecule has 1 aliphatic heterocycles. The highest BCUT2D eigenvalue weighted by atomic mass is 19.1. The molecule has 0 aliphatic carbocycles. The molecular weight excluding hydrogens is 320 g/mol. The lowest BCUT2D eigenvalue weighted by atomic mass is 9.96. The molecule has 0 aromatic heterocycles. The fourth-order valence-corrected chi connectivity index (χ4v) is 2.64. The number of rotatable bonds is 6. The largest absolute Gasteiger partial charge is 0.466 e. The van der Waals surface area contributed by atoms with Gasteiger partial charge in [0.05, 0.1) is 26.2 Å². The maximum absolute atomic E-state index is 14.3. The molecule has 0 radical (unpaired) electrons. The van der Waals surface area contributed by atoms with Gasteiger partial charge in [-0.2, -0.15) is 0 Å². The lowest BCUT2D eigenvalue weighted by Crippen LogP contribution is -2.37. The summed E-state index contributed by atoms with van der Waals surface area (Å²) in [7, 11) is 0. The van der Waals surface area contributed by atoms with E-state index in [9.17, 15) is 18.4 Å². The third-order valence-corrected chi connectivity index (χ3v) is 3.85. The van der Waals surface area contributed by atoms with E-state index in [4.69, 9.17) is 9.47 Å². The van der Waals surface area contributed by atoms with E-state index in [2.05, 4.69) is 0 Å². The molecule has 1 heterocycles. The van der Waals surface area contributed by atoms with Crippen molar-refractivity contribution in [1.82, 2.24) is 0 Å². The van der Waals surface area contributed by atoms with Crippen LogP contribution in [0.2, 0.25) is 0 Å². The van der Waals surface area contributed by atoms with Crippen molar-refractivity contribution in [2.45, 2.75) is 20.3 Å². The number of ether oxygens (including phenoxy) is 2. The number of morpholine rings is 1. The Kier molecular flexibility index (Phi) is 6.25. The van der Waals surface area contributed by atoms with Gasteiger partial charge in [-0.15, -0.1) is 0 Å². The maximum Gasteiger partial charge on any atom is 0.306 e. The Morgan fingerprint density at radius 3 is 2.38 bits per heavy atom. The topological polar surface area (TPSA) is 55.8 Å². The summed E-state index contributed by atoms with van der Waals surface area (Å²) in [6, 6.07) is 2.05. The smallest absolute Gasteiger partial charge is 0.306 e. The lowest BCUT2D eigenvalue weighted by molar-refractivity contribution is -0.143. The van der Waals surface area contributed by atoms with Crippen LogP contribution in [-0.4, -0.2) is 44.7 Å². The summed E-state index contributed by atoms with van der Waals surface area (Å²) in [5, 5.41) is 0. The molecule has 7 heteroatoms. The standard InChI is InChI=1S/C17H21F2NO4/c1-3-24-15(21)8-11(2)17(22)12-9-13(18)16(14(19)10-12)20-4-6-23-7-5-20/h9-11H,3-8H2,1-2H3. The minimum Gasteiger partial charge on any atom is -0.466 e. The van der Waals surface area contributed by atoms with Crippen LogP contribution in [-0.2, 0) is 14.3 Å². The van der Waals surface area contributed by atoms with E-state index in [1.54, 1.807) is 11.8 Å². The monoisotopic (exact) mass is 341 g/mol. The maximum atomic E-state index is 14.3. The van der Waals surface area contributed by atoms with E-state index >= 15 is 0 Å². The minimum atomic E-state index is -0.788. The number of Topliss-reactive ketones (excluding diaryl/α,β-unsaturated/α-hetero) is 1.